The SMILES string of the molecule is CCCNC(=O)CNc1nccn1CC. The van der Waals surface area contributed by atoms with Gasteiger partial charge in [-0.05, 0) is 13.3 Å². The molecular formula is C10H18N4O. The summed E-state index contributed by atoms with van der Waals surface area (Å²) < 4.78 is 1.95. The van der Waals surface area contributed by atoms with Gasteiger partial charge in [0.15, 0.2) is 0 Å². The molecule has 0 bridgehead atoms. The number of hydrogen-bond donors (Lipinski definition) is 2. The normalized spacial score (nSPS) is 10.0. The molecule has 0 aromatic carbocycles. The second kappa shape index (κ2) is 6.06. The molecule has 1 aromatic rings. The third-order valence-corrected chi connectivity index (χ3v) is 2.04. The van der Waals surface area contributed by atoms with Gasteiger partial charge in [0, 0.05) is 25.5 Å². The van der Waals surface area contributed by atoms with Crippen LogP contribution in [0.2, 0.25) is 0 Å². The van der Waals surface area contributed by atoms with Crippen LogP contribution in [0.3, 0.4) is 0 Å². The maximum absolute atomic E-state index is 11.3. The Bertz CT molecular complexity index is 308. The molecule has 0 spiro atoms. The first kappa shape index (κ1) is 11.6. The van der Waals surface area contributed by atoms with Crippen LogP contribution in [-0.2, 0) is 11.3 Å². The van der Waals surface area contributed by atoms with Gasteiger partial charge in [-0.15, -0.1) is 0 Å². The third kappa shape index (κ3) is 3.61. The predicted molar refractivity (Wildman–Crippen MR) is 59.7 cm³/mol. The summed E-state index contributed by atoms with van der Waals surface area (Å²) in [7, 11) is 0. The van der Waals surface area contributed by atoms with Crippen LogP contribution in [0.25, 0.3) is 0 Å². The minimum absolute atomic E-state index is 0.00232. The van der Waals surface area contributed by atoms with Crippen molar-refractivity contribution in [2.24, 2.45) is 0 Å². The fourth-order valence-corrected chi connectivity index (χ4v) is 1.22. The van der Waals surface area contributed by atoms with Gasteiger partial charge >= 0.3 is 0 Å². The Morgan fingerprint density at radius 3 is 3.00 bits per heavy atom. The Hall–Kier alpha value is -1.52. The van der Waals surface area contributed by atoms with Crippen molar-refractivity contribution >= 4 is 11.9 Å². The van der Waals surface area contributed by atoms with Gasteiger partial charge < -0.3 is 15.2 Å². The Kier molecular flexibility index (Phi) is 4.66. The molecule has 1 amide bonds. The number of anilines is 1. The van der Waals surface area contributed by atoms with Crippen LogP contribution in [0.15, 0.2) is 12.4 Å². The Labute approximate surface area is 89.9 Å². The molecule has 1 aromatic heterocycles. The quantitative estimate of drug-likeness (QED) is 0.731. The number of amides is 1. The molecule has 5 nitrogen and oxygen atoms in total. The van der Waals surface area contributed by atoms with Gasteiger partial charge in [-0.1, -0.05) is 6.92 Å². The van der Waals surface area contributed by atoms with E-state index in [0.717, 1.165) is 25.5 Å². The molecule has 0 saturated carbocycles. The van der Waals surface area contributed by atoms with E-state index in [4.69, 9.17) is 0 Å². The van der Waals surface area contributed by atoms with Gasteiger partial charge in [0.2, 0.25) is 11.9 Å². The first-order valence-electron chi connectivity index (χ1n) is 5.29. The largest absolute Gasteiger partial charge is 0.355 e. The van der Waals surface area contributed by atoms with Crippen LogP contribution in [-0.4, -0.2) is 28.5 Å². The highest BCUT2D eigenvalue weighted by Gasteiger charge is 2.03. The van der Waals surface area contributed by atoms with E-state index >= 15 is 0 Å². The van der Waals surface area contributed by atoms with E-state index in [0.29, 0.717) is 0 Å². The van der Waals surface area contributed by atoms with Crippen LogP contribution in [0.1, 0.15) is 20.3 Å². The van der Waals surface area contributed by atoms with Crippen molar-refractivity contribution in [2.75, 3.05) is 18.4 Å². The van der Waals surface area contributed by atoms with E-state index in [1.54, 1.807) is 6.20 Å². The molecular weight excluding hydrogens is 192 g/mol. The van der Waals surface area contributed by atoms with E-state index in [-0.39, 0.29) is 12.5 Å². The second-order valence-electron chi connectivity index (χ2n) is 3.24. The Morgan fingerprint density at radius 2 is 2.33 bits per heavy atom. The van der Waals surface area contributed by atoms with Crippen molar-refractivity contribution in [1.29, 1.82) is 0 Å². The van der Waals surface area contributed by atoms with E-state index in [1.807, 2.05) is 24.6 Å². The summed E-state index contributed by atoms with van der Waals surface area (Å²) in [6, 6.07) is 0. The lowest BCUT2D eigenvalue weighted by Crippen LogP contribution is -2.30. The number of hydrogen-bond acceptors (Lipinski definition) is 3. The second-order valence-corrected chi connectivity index (χ2v) is 3.24. The summed E-state index contributed by atoms with van der Waals surface area (Å²) in [6.07, 6.45) is 4.55. The average Bonchev–Trinajstić information content (AvgIpc) is 2.70. The summed E-state index contributed by atoms with van der Waals surface area (Å²) in [5.41, 5.74) is 0. The monoisotopic (exact) mass is 210 g/mol. The van der Waals surface area contributed by atoms with Crippen LogP contribution in [0.4, 0.5) is 5.95 Å². The molecule has 0 atom stereocenters. The molecule has 84 valence electrons. The van der Waals surface area contributed by atoms with Crippen LogP contribution >= 0.6 is 0 Å². The Balaban J connectivity index is 2.33. The molecule has 15 heavy (non-hydrogen) atoms. The first-order chi connectivity index (χ1) is 7.27. The molecule has 1 rings (SSSR count). The lowest BCUT2D eigenvalue weighted by atomic mass is 10.4. The summed E-state index contributed by atoms with van der Waals surface area (Å²) >= 11 is 0. The third-order valence-electron chi connectivity index (χ3n) is 2.04. The number of aryl methyl sites for hydroxylation is 1. The van der Waals surface area contributed by atoms with E-state index in [9.17, 15) is 4.79 Å². The molecule has 5 heteroatoms. The minimum Gasteiger partial charge on any atom is -0.355 e. The molecule has 0 aliphatic heterocycles. The molecule has 0 fully saturated rings. The molecule has 0 aliphatic carbocycles. The van der Waals surface area contributed by atoms with Gasteiger partial charge in [0.1, 0.15) is 0 Å². The predicted octanol–water partition coefficient (Wildman–Crippen LogP) is 0.841. The number of rotatable bonds is 6. The fourth-order valence-electron chi connectivity index (χ4n) is 1.22. The number of carbonyl (C=O) groups is 1. The van der Waals surface area contributed by atoms with Crippen molar-refractivity contribution in [1.82, 2.24) is 14.9 Å². The zero-order valence-corrected chi connectivity index (χ0v) is 9.29. The Morgan fingerprint density at radius 1 is 1.53 bits per heavy atom. The lowest BCUT2D eigenvalue weighted by molar-refractivity contribution is -0.119. The number of nitrogens with one attached hydrogen (secondary N) is 2. The van der Waals surface area contributed by atoms with Gasteiger partial charge in [-0.2, -0.15) is 0 Å². The summed E-state index contributed by atoms with van der Waals surface area (Å²) in [6.45, 7) is 5.90. The zero-order valence-electron chi connectivity index (χ0n) is 9.29. The number of imidazole rings is 1. The molecule has 0 aliphatic rings. The van der Waals surface area contributed by atoms with Crippen LogP contribution in [0, 0.1) is 0 Å². The van der Waals surface area contributed by atoms with E-state index in [1.165, 1.54) is 0 Å². The van der Waals surface area contributed by atoms with E-state index in [2.05, 4.69) is 15.6 Å². The zero-order chi connectivity index (χ0) is 11.1. The van der Waals surface area contributed by atoms with Crippen molar-refractivity contribution in [3.8, 4) is 0 Å². The van der Waals surface area contributed by atoms with E-state index < -0.39 is 0 Å². The molecule has 0 saturated heterocycles. The van der Waals surface area contributed by atoms with Gasteiger partial charge in [-0.3, -0.25) is 4.79 Å². The van der Waals surface area contributed by atoms with Crippen molar-refractivity contribution < 1.29 is 4.79 Å². The lowest BCUT2D eigenvalue weighted by Gasteiger charge is -2.07. The summed E-state index contributed by atoms with van der Waals surface area (Å²) in [5, 5.41) is 5.79. The highest BCUT2D eigenvalue weighted by molar-refractivity contribution is 5.80. The minimum atomic E-state index is 0.00232. The fraction of sp³-hybridized carbons (Fsp3) is 0.600. The maximum Gasteiger partial charge on any atom is 0.239 e. The first-order valence-corrected chi connectivity index (χ1v) is 5.29. The van der Waals surface area contributed by atoms with Crippen molar-refractivity contribution in [3.63, 3.8) is 0 Å². The van der Waals surface area contributed by atoms with Crippen molar-refractivity contribution in [2.45, 2.75) is 26.8 Å². The topological polar surface area (TPSA) is 59.0 Å². The smallest absolute Gasteiger partial charge is 0.239 e. The summed E-state index contributed by atoms with van der Waals surface area (Å²) in [5.74, 6) is 0.742. The maximum atomic E-state index is 11.3. The standard InChI is InChI=1S/C10H18N4O/c1-3-5-11-9(15)8-13-10-12-6-7-14(10)4-2/h6-7H,3-5,8H2,1-2H3,(H,11,15)(H,12,13). The highest BCUT2D eigenvalue weighted by atomic mass is 16.1. The van der Waals surface area contributed by atoms with Crippen LogP contribution < -0.4 is 10.6 Å². The van der Waals surface area contributed by atoms with Crippen molar-refractivity contribution in [3.05, 3.63) is 12.4 Å². The highest BCUT2D eigenvalue weighted by Crippen LogP contribution is 2.02. The average molecular weight is 210 g/mol. The number of aromatic nitrogens is 2. The molecule has 0 unspecified atom stereocenters. The van der Waals surface area contributed by atoms with Crippen LogP contribution in [0.5, 0.6) is 0 Å². The van der Waals surface area contributed by atoms with Gasteiger partial charge in [0.05, 0.1) is 6.54 Å². The van der Waals surface area contributed by atoms with Gasteiger partial charge in [-0.25, -0.2) is 4.98 Å². The number of nitrogens with zero attached hydrogens (tertiary/aromatic N) is 2. The molecule has 1 heterocycles. The summed E-state index contributed by atoms with van der Waals surface area (Å²) in [4.78, 5) is 15.4. The molecule has 2 N–H and O–H groups in total. The number of carbonyl (C=O) groups excluding carboxylic acids is 1. The molecule has 0 radical (unpaired) electrons. The van der Waals surface area contributed by atoms with Gasteiger partial charge in [0.25, 0.3) is 0 Å².